The van der Waals surface area contributed by atoms with E-state index in [2.05, 4.69) is 0 Å². The summed E-state index contributed by atoms with van der Waals surface area (Å²) in [6.07, 6.45) is -1.19. The number of carbonyl (C=O) groups is 4. The van der Waals surface area contributed by atoms with Crippen molar-refractivity contribution in [2.24, 2.45) is 23.2 Å². The molecule has 2 aliphatic heterocycles. The average molecular weight is 523 g/mol. The topological polar surface area (TPSA) is 158 Å². The van der Waals surface area contributed by atoms with Crippen molar-refractivity contribution in [1.82, 2.24) is 0 Å². The maximum absolute atomic E-state index is 12.8. The summed E-state index contributed by atoms with van der Waals surface area (Å²) in [7, 11) is 0. The minimum atomic E-state index is -2.07. The average Bonchev–Trinajstić information content (AvgIpc) is 3.57. The van der Waals surface area contributed by atoms with Crippen LogP contribution in [0.1, 0.15) is 41.5 Å². The summed E-state index contributed by atoms with van der Waals surface area (Å²) >= 11 is 0. The molecule has 1 unspecified atom stereocenters. The summed E-state index contributed by atoms with van der Waals surface area (Å²) < 4.78 is 28.0. The number of esters is 4. The van der Waals surface area contributed by atoms with E-state index in [-0.39, 0.29) is 6.61 Å². The molecule has 37 heavy (non-hydrogen) atoms. The smallest absolute Gasteiger partial charge is 0.312 e. The molecule has 0 aromatic carbocycles. The van der Waals surface area contributed by atoms with Gasteiger partial charge in [-0.1, -0.05) is 26.0 Å². The summed E-state index contributed by atoms with van der Waals surface area (Å²) in [6.45, 7) is 8.49. The summed E-state index contributed by atoms with van der Waals surface area (Å²) in [6, 6.07) is 0. The van der Waals surface area contributed by atoms with Gasteiger partial charge in [-0.05, 0) is 18.6 Å². The van der Waals surface area contributed by atoms with Crippen LogP contribution in [0.2, 0.25) is 0 Å². The zero-order valence-corrected chi connectivity index (χ0v) is 21.7. The second-order valence-electron chi connectivity index (χ2n) is 10.7. The minimum absolute atomic E-state index is 0.205. The van der Waals surface area contributed by atoms with Crippen molar-refractivity contribution in [2.45, 2.75) is 83.8 Å². The van der Waals surface area contributed by atoms with E-state index in [0.29, 0.717) is 5.57 Å². The summed E-state index contributed by atoms with van der Waals surface area (Å²) in [5.41, 5.74) is -2.86. The molecule has 0 aromatic heterocycles. The molecule has 2 heterocycles. The molecule has 0 aromatic rings. The van der Waals surface area contributed by atoms with Crippen LogP contribution in [0.25, 0.3) is 0 Å². The zero-order valence-electron chi connectivity index (χ0n) is 21.7. The van der Waals surface area contributed by atoms with Gasteiger partial charge in [0.05, 0.1) is 18.1 Å². The fraction of sp³-hybridized carbons (Fsp3) is 0.692. The highest BCUT2D eigenvalue weighted by atomic mass is 16.6. The number of rotatable bonds is 4. The Morgan fingerprint density at radius 2 is 1.73 bits per heavy atom. The van der Waals surface area contributed by atoms with Crippen LogP contribution in [-0.4, -0.2) is 82.9 Å². The largest absolute Gasteiger partial charge is 0.461 e. The fourth-order valence-corrected chi connectivity index (χ4v) is 6.39. The van der Waals surface area contributed by atoms with Crippen LogP contribution in [-0.2, 0) is 42.9 Å². The molecule has 11 atom stereocenters. The van der Waals surface area contributed by atoms with Gasteiger partial charge < -0.3 is 33.9 Å². The molecule has 11 heteroatoms. The molecule has 0 bridgehead atoms. The molecular weight excluding hydrogens is 488 g/mol. The van der Waals surface area contributed by atoms with Crippen molar-refractivity contribution in [3.63, 3.8) is 0 Å². The van der Waals surface area contributed by atoms with Crippen LogP contribution >= 0.6 is 0 Å². The minimum Gasteiger partial charge on any atom is -0.461 e. The van der Waals surface area contributed by atoms with E-state index in [0.717, 1.165) is 0 Å². The molecular formula is C26H34O11. The number of ether oxygens (including phenoxy) is 5. The summed E-state index contributed by atoms with van der Waals surface area (Å²) in [4.78, 5) is 48.6. The number of hydrogen-bond donors (Lipinski definition) is 2. The van der Waals surface area contributed by atoms with Crippen molar-refractivity contribution in [2.75, 3.05) is 6.61 Å². The van der Waals surface area contributed by atoms with Crippen LogP contribution in [0.5, 0.6) is 0 Å². The zero-order chi connectivity index (χ0) is 27.4. The third-order valence-corrected chi connectivity index (χ3v) is 8.33. The van der Waals surface area contributed by atoms with E-state index >= 15 is 0 Å². The Balaban J connectivity index is 1.92. The molecule has 3 fully saturated rings. The van der Waals surface area contributed by atoms with Gasteiger partial charge in [0.25, 0.3) is 0 Å². The van der Waals surface area contributed by atoms with Crippen LogP contribution in [0.4, 0.5) is 0 Å². The van der Waals surface area contributed by atoms with Crippen LogP contribution in [0, 0.1) is 23.2 Å². The highest BCUT2D eigenvalue weighted by molar-refractivity contribution is 5.78. The molecule has 2 saturated heterocycles. The molecule has 0 radical (unpaired) electrons. The van der Waals surface area contributed by atoms with Gasteiger partial charge in [-0.25, -0.2) is 0 Å². The van der Waals surface area contributed by atoms with E-state index in [4.69, 9.17) is 23.7 Å². The Labute approximate surface area is 214 Å². The van der Waals surface area contributed by atoms with Gasteiger partial charge >= 0.3 is 23.9 Å². The predicted octanol–water partition coefficient (Wildman–Crippen LogP) is 0.602. The lowest BCUT2D eigenvalue weighted by Gasteiger charge is -2.53. The number of aliphatic hydroxyl groups excluding tert-OH is 1. The molecule has 11 nitrogen and oxygen atoms in total. The predicted molar refractivity (Wildman–Crippen MR) is 124 cm³/mol. The lowest BCUT2D eigenvalue weighted by Crippen LogP contribution is -2.66. The monoisotopic (exact) mass is 522 g/mol. The van der Waals surface area contributed by atoms with Gasteiger partial charge in [-0.2, -0.15) is 0 Å². The molecule has 4 rings (SSSR count). The maximum Gasteiger partial charge on any atom is 0.312 e. The first-order chi connectivity index (χ1) is 17.2. The first-order valence-corrected chi connectivity index (χ1v) is 12.4. The Bertz CT molecular complexity index is 1050. The van der Waals surface area contributed by atoms with Gasteiger partial charge in [-0.3, -0.25) is 19.2 Å². The Morgan fingerprint density at radius 1 is 1.08 bits per heavy atom. The van der Waals surface area contributed by atoms with E-state index in [1.807, 2.05) is 0 Å². The normalized spacial score (nSPS) is 46.5. The molecule has 0 spiro atoms. The number of fused-ring (bicyclic) bond motifs is 4. The van der Waals surface area contributed by atoms with E-state index < -0.39 is 89.3 Å². The van der Waals surface area contributed by atoms with Gasteiger partial charge in [-0.15, -0.1) is 0 Å². The lowest BCUT2D eigenvalue weighted by molar-refractivity contribution is -0.216. The summed E-state index contributed by atoms with van der Waals surface area (Å²) in [5.74, 6) is -5.03. The van der Waals surface area contributed by atoms with Crippen molar-refractivity contribution in [3.05, 3.63) is 23.8 Å². The van der Waals surface area contributed by atoms with Crippen molar-refractivity contribution in [1.29, 1.82) is 0 Å². The van der Waals surface area contributed by atoms with Crippen molar-refractivity contribution >= 4 is 23.9 Å². The van der Waals surface area contributed by atoms with Crippen molar-refractivity contribution < 1.29 is 53.1 Å². The lowest BCUT2D eigenvalue weighted by atomic mass is 9.54. The van der Waals surface area contributed by atoms with Gasteiger partial charge in [0.1, 0.15) is 24.9 Å². The molecule has 2 aliphatic carbocycles. The third kappa shape index (κ3) is 4.46. The standard InChI is InChI=1S/C26H34O11/c1-11-19-22(35-15(5)29)26(32)12(2)24(31)36-18(26)9-16(10-33-13(3)27)7-8-17(30)25(19,6)23-21(37-23)20(11)34-14(4)28/h7-9,11-12,17-23,30,32H,10H2,1-6H3/b8-7+,16-9+/t11-,12+,17+,18-,19-,20-,21+,22?,23+,25-,26+/m1/s1. The molecule has 1 saturated carbocycles. The Morgan fingerprint density at radius 3 is 2.32 bits per heavy atom. The van der Waals surface area contributed by atoms with Crippen LogP contribution in [0.3, 0.4) is 0 Å². The maximum atomic E-state index is 12.8. The Kier molecular flexibility index (Phi) is 7.02. The first-order valence-electron chi connectivity index (χ1n) is 12.4. The molecule has 2 N–H and O–H groups in total. The molecule has 0 amide bonds. The molecule has 4 aliphatic rings. The quantitative estimate of drug-likeness (QED) is 0.303. The molecule has 204 valence electrons. The van der Waals surface area contributed by atoms with Crippen LogP contribution < -0.4 is 0 Å². The number of epoxide rings is 1. The SMILES string of the molecule is CC(=O)OCC1=C/[C@H]2OC(=O)[C@H](C)[C@@]2(O)C(OC(C)=O)[C@H]2[C@@H](C)[C@@H](OC(C)=O)[C@@H]3O[C@@H]3[C@]2(C)[C@@H](O)\C=C\1. The number of hydrogen-bond acceptors (Lipinski definition) is 11. The van der Waals surface area contributed by atoms with Crippen LogP contribution in [0.15, 0.2) is 23.8 Å². The van der Waals surface area contributed by atoms with Gasteiger partial charge in [0.15, 0.2) is 11.7 Å². The van der Waals surface area contributed by atoms with E-state index in [1.54, 1.807) is 19.9 Å². The Hall–Kier alpha value is -2.76. The van der Waals surface area contributed by atoms with Crippen molar-refractivity contribution in [3.8, 4) is 0 Å². The first kappa shape index (κ1) is 27.3. The summed E-state index contributed by atoms with van der Waals surface area (Å²) in [5, 5.41) is 23.8. The fourth-order valence-electron chi connectivity index (χ4n) is 6.39. The number of carbonyl (C=O) groups excluding carboxylic acids is 4. The number of aliphatic hydroxyl groups is 2. The van der Waals surface area contributed by atoms with Gasteiger partial charge in [0.2, 0.25) is 0 Å². The highest BCUT2D eigenvalue weighted by Crippen LogP contribution is 2.61. The highest BCUT2D eigenvalue weighted by Gasteiger charge is 2.74. The van der Waals surface area contributed by atoms with E-state index in [9.17, 15) is 29.4 Å². The second-order valence-corrected chi connectivity index (χ2v) is 10.7. The van der Waals surface area contributed by atoms with E-state index in [1.165, 1.54) is 39.8 Å². The van der Waals surface area contributed by atoms with Gasteiger partial charge in [0, 0.05) is 38.0 Å². The second kappa shape index (κ2) is 9.52. The third-order valence-electron chi connectivity index (χ3n) is 8.33.